The summed E-state index contributed by atoms with van der Waals surface area (Å²) < 4.78 is 5.95. The van der Waals surface area contributed by atoms with Gasteiger partial charge in [0, 0.05) is 39.3 Å². The first-order valence-electron chi connectivity index (χ1n) is 7.45. The normalized spacial score (nSPS) is 17.4. The minimum absolute atomic E-state index is 0.260. The van der Waals surface area contributed by atoms with E-state index in [2.05, 4.69) is 41.8 Å². The molecule has 2 rings (SSSR count). The van der Waals surface area contributed by atoms with Crippen LogP contribution in [0, 0.1) is 13.8 Å². The Kier molecular flexibility index (Phi) is 5.83. The van der Waals surface area contributed by atoms with E-state index in [0.29, 0.717) is 0 Å². The lowest BCUT2D eigenvalue weighted by Crippen LogP contribution is -2.48. The minimum Gasteiger partial charge on any atom is -0.492 e. The maximum atomic E-state index is 8.93. The SMILES string of the molecule is Cc1cccc(C)c1OCCN1CCN(CCO)CC1. The van der Waals surface area contributed by atoms with Crippen LogP contribution in [0.15, 0.2) is 18.2 Å². The average molecular weight is 278 g/mol. The van der Waals surface area contributed by atoms with Crippen molar-refractivity contribution >= 4 is 0 Å². The van der Waals surface area contributed by atoms with Crippen molar-refractivity contribution in [2.45, 2.75) is 13.8 Å². The van der Waals surface area contributed by atoms with Gasteiger partial charge < -0.3 is 9.84 Å². The van der Waals surface area contributed by atoms with Crippen LogP contribution in [0.2, 0.25) is 0 Å². The second-order valence-corrected chi connectivity index (χ2v) is 5.48. The van der Waals surface area contributed by atoms with Crippen LogP contribution >= 0.6 is 0 Å². The van der Waals surface area contributed by atoms with Gasteiger partial charge in [-0.05, 0) is 25.0 Å². The predicted molar refractivity (Wildman–Crippen MR) is 81.4 cm³/mol. The molecule has 0 atom stereocenters. The highest BCUT2D eigenvalue weighted by Crippen LogP contribution is 2.22. The zero-order valence-electron chi connectivity index (χ0n) is 12.6. The molecule has 1 aliphatic rings. The molecule has 1 saturated heterocycles. The van der Waals surface area contributed by atoms with Gasteiger partial charge in [0.25, 0.3) is 0 Å². The van der Waals surface area contributed by atoms with Crippen LogP contribution in [0.4, 0.5) is 0 Å². The number of aryl methyl sites for hydroxylation is 2. The maximum absolute atomic E-state index is 8.93. The first-order valence-corrected chi connectivity index (χ1v) is 7.45. The largest absolute Gasteiger partial charge is 0.492 e. The Morgan fingerprint density at radius 2 is 1.55 bits per heavy atom. The lowest BCUT2D eigenvalue weighted by molar-refractivity contribution is 0.101. The molecule has 1 fully saturated rings. The molecular weight excluding hydrogens is 252 g/mol. The Morgan fingerprint density at radius 1 is 1.00 bits per heavy atom. The fourth-order valence-corrected chi connectivity index (χ4v) is 2.68. The zero-order chi connectivity index (χ0) is 14.4. The number of ether oxygens (including phenoxy) is 1. The molecule has 1 aromatic carbocycles. The molecule has 1 aromatic rings. The van der Waals surface area contributed by atoms with E-state index in [-0.39, 0.29) is 6.61 Å². The summed E-state index contributed by atoms with van der Waals surface area (Å²) in [5.74, 6) is 1.03. The van der Waals surface area contributed by atoms with Crippen LogP contribution in [-0.2, 0) is 0 Å². The number of rotatable bonds is 6. The van der Waals surface area contributed by atoms with Crippen molar-refractivity contribution in [3.8, 4) is 5.75 Å². The van der Waals surface area contributed by atoms with Crippen LogP contribution in [0.5, 0.6) is 5.75 Å². The molecule has 112 valence electrons. The highest BCUT2D eigenvalue weighted by molar-refractivity contribution is 5.39. The molecule has 0 spiro atoms. The topological polar surface area (TPSA) is 35.9 Å². The molecular formula is C16H26N2O2. The highest BCUT2D eigenvalue weighted by atomic mass is 16.5. The van der Waals surface area contributed by atoms with Gasteiger partial charge in [-0.15, -0.1) is 0 Å². The third-order valence-corrected chi connectivity index (χ3v) is 3.94. The zero-order valence-corrected chi connectivity index (χ0v) is 12.6. The number of β-amino-alcohol motifs (C(OH)–C–C–N with tert-alkyl or cyclic N) is 1. The molecule has 0 amide bonds. The van der Waals surface area contributed by atoms with Gasteiger partial charge in [0.05, 0.1) is 6.61 Å². The smallest absolute Gasteiger partial charge is 0.125 e. The molecule has 4 heteroatoms. The highest BCUT2D eigenvalue weighted by Gasteiger charge is 2.16. The van der Waals surface area contributed by atoms with Gasteiger partial charge in [0.15, 0.2) is 0 Å². The maximum Gasteiger partial charge on any atom is 0.125 e. The van der Waals surface area contributed by atoms with E-state index >= 15 is 0 Å². The van der Waals surface area contributed by atoms with E-state index in [1.165, 1.54) is 11.1 Å². The second kappa shape index (κ2) is 7.62. The predicted octanol–water partition coefficient (Wildman–Crippen LogP) is 1.29. The van der Waals surface area contributed by atoms with Crippen LogP contribution < -0.4 is 4.74 Å². The lowest BCUT2D eigenvalue weighted by Gasteiger charge is -2.34. The van der Waals surface area contributed by atoms with Gasteiger partial charge in [-0.1, -0.05) is 18.2 Å². The Morgan fingerprint density at radius 3 is 2.10 bits per heavy atom. The van der Waals surface area contributed by atoms with E-state index < -0.39 is 0 Å². The van der Waals surface area contributed by atoms with Crippen molar-refractivity contribution in [2.75, 3.05) is 52.5 Å². The van der Waals surface area contributed by atoms with Gasteiger partial charge in [-0.3, -0.25) is 9.80 Å². The number of aliphatic hydroxyl groups excluding tert-OH is 1. The number of para-hydroxylation sites is 1. The van der Waals surface area contributed by atoms with Gasteiger partial charge in [-0.25, -0.2) is 0 Å². The molecule has 0 unspecified atom stereocenters. The number of nitrogens with zero attached hydrogens (tertiary/aromatic N) is 2. The van der Waals surface area contributed by atoms with Crippen molar-refractivity contribution in [1.29, 1.82) is 0 Å². The quantitative estimate of drug-likeness (QED) is 0.851. The number of hydrogen-bond donors (Lipinski definition) is 1. The number of benzene rings is 1. The molecule has 1 heterocycles. The standard InChI is InChI=1S/C16H26N2O2/c1-14-4-3-5-15(2)16(14)20-13-11-18-8-6-17(7-9-18)10-12-19/h3-5,19H,6-13H2,1-2H3. The first kappa shape index (κ1) is 15.3. The summed E-state index contributed by atoms with van der Waals surface area (Å²) in [7, 11) is 0. The molecule has 0 aromatic heterocycles. The Balaban J connectivity index is 1.72. The molecule has 1 aliphatic heterocycles. The molecule has 0 saturated carbocycles. The van der Waals surface area contributed by atoms with E-state index in [0.717, 1.165) is 51.6 Å². The third-order valence-electron chi connectivity index (χ3n) is 3.94. The van der Waals surface area contributed by atoms with Gasteiger partial charge in [0.1, 0.15) is 12.4 Å². The summed E-state index contributed by atoms with van der Waals surface area (Å²) in [5, 5.41) is 8.93. The molecule has 0 aliphatic carbocycles. The minimum atomic E-state index is 0.260. The van der Waals surface area contributed by atoms with Crippen LogP contribution in [0.25, 0.3) is 0 Å². The van der Waals surface area contributed by atoms with Crippen LogP contribution in [0.1, 0.15) is 11.1 Å². The summed E-state index contributed by atoms with van der Waals surface area (Å²) in [6.07, 6.45) is 0. The van der Waals surface area contributed by atoms with Crippen molar-refractivity contribution in [1.82, 2.24) is 9.80 Å². The van der Waals surface area contributed by atoms with Crippen molar-refractivity contribution < 1.29 is 9.84 Å². The van der Waals surface area contributed by atoms with Gasteiger partial charge in [-0.2, -0.15) is 0 Å². The summed E-state index contributed by atoms with van der Waals surface area (Å²) >= 11 is 0. The molecule has 0 radical (unpaired) electrons. The van der Waals surface area contributed by atoms with E-state index in [1.807, 2.05) is 0 Å². The summed E-state index contributed by atoms with van der Waals surface area (Å²) in [5.41, 5.74) is 2.41. The Labute approximate surface area is 122 Å². The molecule has 1 N–H and O–H groups in total. The van der Waals surface area contributed by atoms with E-state index in [4.69, 9.17) is 9.84 Å². The van der Waals surface area contributed by atoms with Crippen molar-refractivity contribution in [2.24, 2.45) is 0 Å². The molecule has 4 nitrogen and oxygen atoms in total. The summed E-state index contributed by atoms with van der Waals surface area (Å²) in [6, 6.07) is 6.25. The fraction of sp³-hybridized carbons (Fsp3) is 0.625. The Hall–Kier alpha value is -1.10. The van der Waals surface area contributed by atoms with Gasteiger partial charge in [0.2, 0.25) is 0 Å². The van der Waals surface area contributed by atoms with E-state index in [1.54, 1.807) is 0 Å². The average Bonchev–Trinajstić information content (AvgIpc) is 2.44. The van der Waals surface area contributed by atoms with Gasteiger partial charge >= 0.3 is 0 Å². The Bertz CT molecular complexity index is 395. The monoisotopic (exact) mass is 278 g/mol. The number of piperazine rings is 1. The second-order valence-electron chi connectivity index (χ2n) is 5.48. The molecule has 0 bridgehead atoms. The third kappa shape index (κ3) is 4.20. The van der Waals surface area contributed by atoms with Crippen LogP contribution in [0.3, 0.4) is 0 Å². The summed E-state index contributed by atoms with van der Waals surface area (Å²) in [6.45, 7) is 11.2. The number of aliphatic hydroxyl groups is 1. The molecule has 20 heavy (non-hydrogen) atoms. The van der Waals surface area contributed by atoms with Crippen molar-refractivity contribution in [3.05, 3.63) is 29.3 Å². The lowest BCUT2D eigenvalue weighted by atomic mass is 10.1. The van der Waals surface area contributed by atoms with Crippen molar-refractivity contribution in [3.63, 3.8) is 0 Å². The van der Waals surface area contributed by atoms with Crippen LogP contribution in [-0.4, -0.2) is 67.4 Å². The van der Waals surface area contributed by atoms with E-state index in [9.17, 15) is 0 Å². The summed E-state index contributed by atoms with van der Waals surface area (Å²) in [4.78, 5) is 4.74. The fourth-order valence-electron chi connectivity index (χ4n) is 2.68. The number of hydrogen-bond acceptors (Lipinski definition) is 4. The first-order chi connectivity index (χ1) is 9.70.